The molecular formula is C22H26N2O3. The molecule has 0 fully saturated rings. The molecule has 1 heterocycles. The summed E-state index contributed by atoms with van der Waals surface area (Å²) in [6.07, 6.45) is 2.31. The normalized spacial score (nSPS) is 11.4. The van der Waals surface area contributed by atoms with E-state index in [4.69, 9.17) is 9.47 Å². The molecule has 27 heavy (non-hydrogen) atoms. The molecule has 3 rings (SSSR count). The van der Waals surface area contributed by atoms with Crippen LogP contribution in [0.4, 0.5) is 4.79 Å². The van der Waals surface area contributed by atoms with Crippen LogP contribution in [0.15, 0.2) is 54.7 Å². The van der Waals surface area contributed by atoms with Crippen molar-refractivity contribution < 1.29 is 14.3 Å². The second-order valence-corrected chi connectivity index (χ2v) is 7.47. The molecule has 0 unspecified atom stereocenters. The molecule has 0 bridgehead atoms. The second kappa shape index (κ2) is 8.16. The van der Waals surface area contributed by atoms with Crippen LogP contribution < -0.4 is 10.1 Å². The molecule has 5 nitrogen and oxygen atoms in total. The lowest BCUT2D eigenvalue weighted by Gasteiger charge is -2.19. The van der Waals surface area contributed by atoms with Crippen molar-refractivity contribution in [2.24, 2.45) is 0 Å². The maximum Gasteiger partial charge on any atom is 0.407 e. The van der Waals surface area contributed by atoms with Gasteiger partial charge in [0.1, 0.15) is 18.0 Å². The Morgan fingerprint density at radius 3 is 2.63 bits per heavy atom. The van der Waals surface area contributed by atoms with Crippen molar-refractivity contribution in [1.82, 2.24) is 10.3 Å². The summed E-state index contributed by atoms with van der Waals surface area (Å²) in [5.74, 6) is 0.826. The number of aromatic nitrogens is 1. The fourth-order valence-electron chi connectivity index (χ4n) is 2.82. The van der Waals surface area contributed by atoms with Gasteiger partial charge in [-0.2, -0.15) is 0 Å². The summed E-state index contributed by atoms with van der Waals surface area (Å²) in [4.78, 5) is 15.0. The molecule has 0 radical (unpaired) electrons. The van der Waals surface area contributed by atoms with Crippen molar-refractivity contribution in [1.29, 1.82) is 0 Å². The monoisotopic (exact) mass is 366 g/mol. The van der Waals surface area contributed by atoms with E-state index >= 15 is 0 Å². The maximum atomic E-state index is 11.7. The number of aromatic amines is 1. The van der Waals surface area contributed by atoms with Crippen LogP contribution in [0.25, 0.3) is 10.9 Å². The molecule has 2 N–H and O–H groups in total. The van der Waals surface area contributed by atoms with Crippen molar-refractivity contribution in [2.75, 3.05) is 6.54 Å². The molecule has 0 atom stereocenters. The fourth-order valence-corrected chi connectivity index (χ4v) is 2.82. The number of alkyl carbamates (subject to hydrolysis) is 1. The van der Waals surface area contributed by atoms with Gasteiger partial charge in [0.2, 0.25) is 0 Å². The molecule has 142 valence electrons. The molecule has 0 aliphatic heterocycles. The van der Waals surface area contributed by atoms with Crippen LogP contribution in [-0.2, 0) is 17.8 Å². The number of rotatable bonds is 6. The minimum Gasteiger partial charge on any atom is -0.489 e. The number of hydrogen-bond donors (Lipinski definition) is 2. The van der Waals surface area contributed by atoms with Gasteiger partial charge >= 0.3 is 6.09 Å². The molecule has 0 aliphatic rings. The summed E-state index contributed by atoms with van der Waals surface area (Å²) in [6.45, 7) is 6.62. The van der Waals surface area contributed by atoms with Gasteiger partial charge in [0.25, 0.3) is 0 Å². The lowest BCUT2D eigenvalue weighted by atomic mass is 10.1. The first-order valence-corrected chi connectivity index (χ1v) is 9.14. The average molecular weight is 366 g/mol. The highest BCUT2D eigenvalue weighted by molar-refractivity contribution is 5.84. The third kappa shape index (κ3) is 5.51. The molecule has 0 spiro atoms. The quantitative estimate of drug-likeness (QED) is 0.658. The zero-order valence-electron chi connectivity index (χ0n) is 16.0. The summed E-state index contributed by atoms with van der Waals surface area (Å²) in [7, 11) is 0. The van der Waals surface area contributed by atoms with Crippen LogP contribution in [0, 0.1) is 0 Å². The van der Waals surface area contributed by atoms with Gasteiger partial charge in [-0.3, -0.25) is 0 Å². The van der Waals surface area contributed by atoms with E-state index in [-0.39, 0.29) is 6.09 Å². The van der Waals surface area contributed by atoms with E-state index in [1.165, 1.54) is 0 Å². The first-order valence-electron chi connectivity index (χ1n) is 9.14. The third-order valence-electron chi connectivity index (χ3n) is 4.05. The Bertz CT molecular complexity index is 895. The number of ether oxygens (including phenoxy) is 2. The second-order valence-electron chi connectivity index (χ2n) is 7.47. The Morgan fingerprint density at radius 2 is 1.89 bits per heavy atom. The number of carbonyl (C=O) groups excluding carboxylic acids is 1. The van der Waals surface area contributed by atoms with Gasteiger partial charge in [0, 0.05) is 29.7 Å². The van der Waals surface area contributed by atoms with Crippen LogP contribution >= 0.6 is 0 Å². The first kappa shape index (κ1) is 18.8. The minimum absolute atomic E-state index is 0.390. The minimum atomic E-state index is -0.485. The number of nitrogens with one attached hydrogen (secondary N) is 2. The van der Waals surface area contributed by atoms with E-state index < -0.39 is 5.60 Å². The molecule has 1 aromatic heterocycles. The van der Waals surface area contributed by atoms with Gasteiger partial charge in [-0.15, -0.1) is 0 Å². The lowest BCUT2D eigenvalue weighted by Crippen LogP contribution is -2.33. The summed E-state index contributed by atoms with van der Waals surface area (Å²) in [6, 6.07) is 16.1. The SMILES string of the molecule is CC(C)(C)OC(=O)NCCc1c[nH]c2cc(OCc3ccccc3)ccc12. The van der Waals surface area contributed by atoms with E-state index in [2.05, 4.69) is 16.4 Å². The topological polar surface area (TPSA) is 63.3 Å². The van der Waals surface area contributed by atoms with Gasteiger partial charge < -0.3 is 19.8 Å². The van der Waals surface area contributed by atoms with Crippen LogP contribution in [-0.4, -0.2) is 23.2 Å². The summed E-state index contributed by atoms with van der Waals surface area (Å²) in [5, 5.41) is 3.92. The molecule has 5 heteroatoms. The highest BCUT2D eigenvalue weighted by Gasteiger charge is 2.15. The standard InChI is InChI=1S/C22H26N2O3/c1-22(2,3)27-21(25)23-12-11-17-14-24-20-13-18(9-10-19(17)20)26-15-16-7-5-4-6-8-16/h4-10,13-14,24H,11-12,15H2,1-3H3,(H,23,25). The van der Waals surface area contributed by atoms with E-state index in [9.17, 15) is 4.79 Å². The first-order chi connectivity index (χ1) is 12.9. The Hall–Kier alpha value is -2.95. The van der Waals surface area contributed by atoms with Crippen molar-refractivity contribution in [3.63, 3.8) is 0 Å². The number of fused-ring (bicyclic) bond motifs is 1. The zero-order valence-corrected chi connectivity index (χ0v) is 16.0. The van der Waals surface area contributed by atoms with E-state index in [1.807, 2.05) is 69.4 Å². The van der Waals surface area contributed by atoms with Gasteiger partial charge in [0.15, 0.2) is 0 Å². The largest absolute Gasteiger partial charge is 0.489 e. The predicted octanol–water partition coefficient (Wildman–Crippen LogP) is 4.81. The molecule has 0 saturated carbocycles. The summed E-state index contributed by atoms with van der Waals surface area (Å²) >= 11 is 0. The molecule has 0 aliphatic carbocycles. The number of H-pyrrole nitrogens is 1. The maximum absolute atomic E-state index is 11.7. The van der Waals surface area contributed by atoms with Crippen molar-refractivity contribution >= 4 is 17.0 Å². The zero-order chi connectivity index (χ0) is 19.3. The van der Waals surface area contributed by atoms with E-state index in [1.54, 1.807) is 0 Å². The highest BCUT2D eigenvalue weighted by atomic mass is 16.6. The molecule has 2 aromatic carbocycles. The summed E-state index contributed by atoms with van der Waals surface area (Å²) in [5.41, 5.74) is 2.82. The lowest BCUT2D eigenvalue weighted by molar-refractivity contribution is 0.0528. The van der Waals surface area contributed by atoms with Gasteiger partial charge in [-0.25, -0.2) is 4.79 Å². The number of benzene rings is 2. The van der Waals surface area contributed by atoms with Crippen molar-refractivity contribution in [2.45, 2.75) is 39.4 Å². The van der Waals surface area contributed by atoms with Crippen LogP contribution in [0.5, 0.6) is 5.75 Å². The number of hydrogen-bond acceptors (Lipinski definition) is 3. The van der Waals surface area contributed by atoms with E-state index in [0.717, 1.165) is 34.2 Å². The number of carbonyl (C=O) groups is 1. The van der Waals surface area contributed by atoms with Gasteiger partial charge in [-0.05, 0) is 50.5 Å². The van der Waals surface area contributed by atoms with Crippen LogP contribution in [0.1, 0.15) is 31.9 Å². The number of amides is 1. The Morgan fingerprint density at radius 1 is 1.11 bits per heavy atom. The van der Waals surface area contributed by atoms with Crippen LogP contribution in [0.3, 0.4) is 0 Å². The van der Waals surface area contributed by atoms with Crippen molar-refractivity contribution in [3.8, 4) is 5.75 Å². The Labute approximate surface area is 159 Å². The Kier molecular flexibility index (Phi) is 5.69. The summed E-state index contributed by atoms with van der Waals surface area (Å²) < 4.78 is 11.1. The molecule has 3 aromatic rings. The van der Waals surface area contributed by atoms with E-state index in [0.29, 0.717) is 13.2 Å². The predicted molar refractivity (Wildman–Crippen MR) is 107 cm³/mol. The van der Waals surface area contributed by atoms with Gasteiger partial charge in [0.05, 0.1) is 0 Å². The smallest absolute Gasteiger partial charge is 0.407 e. The van der Waals surface area contributed by atoms with Crippen molar-refractivity contribution in [3.05, 3.63) is 65.9 Å². The van der Waals surface area contributed by atoms with Crippen LogP contribution in [0.2, 0.25) is 0 Å². The molecule has 1 amide bonds. The van der Waals surface area contributed by atoms with Gasteiger partial charge in [-0.1, -0.05) is 30.3 Å². The average Bonchev–Trinajstić information content (AvgIpc) is 3.02. The third-order valence-corrected chi connectivity index (χ3v) is 4.05. The molecule has 0 saturated heterocycles. The molecular weight excluding hydrogens is 340 g/mol. The fraction of sp³-hybridized carbons (Fsp3) is 0.318. The highest BCUT2D eigenvalue weighted by Crippen LogP contribution is 2.24. The Balaban J connectivity index is 1.56.